The van der Waals surface area contributed by atoms with Crippen molar-refractivity contribution in [3.8, 4) is 5.75 Å². The largest absolute Gasteiger partial charge is 0.489 e. The third kappa shape index (κ3) is 4.89. The van der Waals surface area contributed by atoms with E-state index >= 15 is 0 Å². The minimum Gasteiger partial charge on any atom is -0.489 e. The Bertz CT molecular complexity index is 775. The molecule has 0 saturated heterocycles. The number of nitrogens with two attached hydrogens (primary N) is 1. The minimum atomic E-state index is -4.38. The van der Waals surface area contributed by atoms with Crippen molar-refractivity contribution in [1.29, 1.82) is 0 Å². The molecule has 140 valence electrons. The van der Waals surface area contributed by atoms with Crippen molar-refractivity contribution in [3.63, 3.8) is 0 Å². The van der Waals surface area contributed by atoms with Gasteiger partial charge in [0.25, 0.3) is 0 Å². The van der Waals surface area contributed by atoms with Gasteiger partial charge in [0, 0.05) is 5.69 Å². The first-order valence-corrected chi connectivity index (χ1v) is 7.76. The van der Waals surface area contributed by atoms with Crippen LogP contribution < -0.4 is 15.8 Å². The number of alkyl halides is 3. The second-order valence-corrected chi connectivity index (χ2v) is 6.12. The molecule has 4 nitrogen and oxygen atoms in total. The summed E-state index contributed by atoms with van der Waals surface area (Å²) in [5.74, 6) is 0.273. The summed E-state index contributed by atoms with van der Waals surface area (Å²) in [4.78, 5) is 11.8. The summed E-state index contributed by atoms with van der Waals surface area (Å²) in [5.41, 5.74) is 5.36. The Balaban J connectivity index is 0.00000243. The highest BCUT2D eigenvalue weighted by atomic mass is 35.5. The van der Waals surface area contributed by atoms with Crippen molar-refractivity contribution in [3.05, 3.63) is 59.7 Å². The first-order chi connectivity index (χ1) is 11.8. The summed E-state index contributed by atoms with van der Waals surface area (Å²) in [5, 5.41) is 2.72. The average molecular weight is 387 g/mol. The second kappa shape index (κ2) is 7.55. The zero-order valence-electron chi connectivity index (χ0n) is 13.7. The zero-order chi connectivity index (χ0) is 18.1. The Labute approximate surface area is 154 Å². The minimum absolute atomic E-state index is 0. The van der Waals surface area contributed by atoms with E-state index < -0.39 is 17.3 Å². The molecule has 1 aliphatic rings. The predicted molar refractivity (Wildman–Crippen MR) is 94.2 cm³/mol. The molecule has 26 heavy (non-hydrogen) atoms. The molecule has 1 amide bonds. The highest BCUT2D eigenvalue weighted by molar-refractivity contribution is 6.00. The molecule has 1 aliphatic carbocycles. The fourth-order valence-electron chi connectivity index (χ4n) is 2.26. The van der Waals surface area contributed by atoms with Crippen molar-refractivity contribution < 1.29 is 22.7 Å². The molecule has 2 aromatic rings. The number of halogens is 4. The van der Waals surface area contributed by atoms with Gasteiger partial charge < -0.3 is 15.8 Å². The van der Waals surface area contributed by atoms with Crippen LogP contribution in [0.4, 0.5) is 18.9 Å². The predicted octanol–water partition coefficient (Wildman–Crippen LogP) is 4.14. The van der Waals surface area contributed by atoms with Crippen LogP contribution in [0.5, 0.6) is 5.75 Å². The molecule has 0 bridgehead atoms. The van der Waals surface area contributed by atoms with E-state index in [2.05, 4.69) is 5.32 Å². The third-order valence-electron chi connectivity index (χ3n) is 4.01. The van der Waals surface area contributed by atoms with Gasteiger partial charge in [0.05, 0.1) is 11.1 Å². The normalized spacial score (nSPS) is 14.9. The monoisotopic (exact) mass is 386 g/mol. The molecule has 2 aromatic carbocycles. The average Bonchev–Trinajstić information content (AvgIpc) is 3.33. The number of hydrogen-bond acceptors (Lipinski definition) is 3. The van der Waals surface area contributed by atoms with Crippen molar-refractivity contribution in [2.45, 2.75) is 31.2 Å². The van der Waals surface area contributed by atoms with Crippen molar-refractivity contribution in [2.24, 2.45) is 5.73 Å². The molecule has 0 heterocycles. The fourth-order valence-corrected chi connectivity index (χ4v) is 2.26. The number of carbonyl (C=O) groups excluding carboxylic acids is 1. The van der Waals surface area contributed by atoms with Gasteiger partial charge in [0.2, 0.25) is 5.91 Å². The molecule has 3 N–H and O–H groups in total. The summed E-state index contributed by atoms with van der Waals surface area (Å²) in [6, 6.07) is 11.6. The van der Waals surface area contributed by atoms with Crippen LogP contribution in [0.2, 0.25) is 0 Å². The number of ether oxygens (including phenoxy) is 1. The van der Waals surface area contributed by atoms with E-state index in [9.17, 15) is 18.0 Å². The Hall–Kier alpha value is -2.25. The molecule has 0 unspecified atom stereocenters. The van der Waals surface area contributed by atoms with Crippen molar-refractivity contribution in [2.75, 3.05) is 5.32 Å². The van der Waals surface area contributed by atoms with E-state index in [4.69, 9.17) is 10.5 Å². The molecule has 0 spiro atoms. The number of amides is 1. The number of carbonyl (C=O) groups is 1. The smallest absolute Gasteiger partial charge is 0.416 e. The van der Waals surface area contributed by atoms with E-state index in [1.165, 1.54) is 6.07 Å². The van der Waals surface area contributed by atoms with E-state index in [0.717, 1.165) is 12.1 Å². The van der Waals surface area contributed by atoms with Gasteiger partial charge in [0.1, 0.15) is 12.4 Å². The molecule has 3 rings (SSSR count). The lowest BCUT2D eigenvalue weighted by Crippen LogP contribution is -2.37. The molecular weight excluding hydrogens is 369 g/mol. The van der Waals surface area contributed by atoms with Crippen LogP contribution in [0.1, 0.15) is 24.0 Å². The zero-order valence-corrected chi connectivity index (χ0v) is 14.5. The molecule has 8 heteroatoms. The van der Waals surface area contributed by atoms with Crippen LogP contribution in [-0.2, 0) is 17.6 Å². The lowest BCUT2D eigenvalue weighted by Gasteiger charge is -2.12. The second-order valence-electron chi connectivity index (χ2n) is 6.12. The van der Waals surface area contributed by atoms with Crippen LogP contribution in [0.3, 0.4) is 0 Å². The maximum atomic E-state index is 12.7. The van der Waals surface area contributed by atoms with Crippen LogP contribution in [-0.4, -0.2) is 11.4 Å². The summed E-state index contributed by atoms with van der Waals surface area (Å²) in [6.45, 7) is 0.0154. The number of rotatable bonds is 5. The van der Waals surface area contributed by atoms with E-state index in [1.807, 2.05) is 0 Å². The summed E-state index contributed by atoms with van der Waals surface area (Å²) < 4.78 is 43.5. The Kier molecular flexibility index (Phi) is 5.83. The Morgan fingerprint density at radius 3 is 2.38 bits per heavy atom. The van der Waals surface area contributed by atoms with Crippen LogP contribution in [0.15, 0.2) is 48.5 Å². The quantitative estimate of drug-likeness (QED) is 0.811. The van der Waals surface area contributed by atoms with E-state index in [1.54, 1.807) is 30.3 Å². The number of benzene rings is 2. The molecular formula is C18H18ClF3N2O2. The van der Waals surface area contributed by atoms with E-state index in [-0.39, 0.29) is 24.9 Å². The van der Waals surface area contributed by atoms with E-state index in [0.29, 0.717) is 29.8 Å². The van der Waals surface area contributed by atoms with Crippen LogP contribution >= 0.6 is 12.4 Å². The highest BCUT2D eigenvalue weighted by Gasteiger charge is 2.45. The molecule has 0 atom stereocenters. The summed E-state index contributed by atoms with van der Waals surface area (Å²) in [7, 11) is 0. The molecule has 0 radical (unpaired) electrons. The van der Waals surface area contributed by atoms with Gasteiger partial charge in [-0.05, 0) is 54.8 Å². The summed E-state index contributed by atoms with van der Waals surface area (Å²) in [6.07, 6.45) is -3.02. The van der Waals surface area contributed by atoms with Gasteiger partial charge in [-0.15, -0.1) is 12.4 Å². The molecule has 1 fully saturated rings. The Morgan fingerprint density at radius 2 is 1.81 bits per heavy atom. The first kappa shape index (κ1) is 20.1. The van der Waals surface area contributed by atoms with Gasteiger partial charge in [-0.3, -0.25) is 4.79 Å². The van der Waals surface area contributed by atoms with Crippen LogP contribution in [0.25, 0.3) is 0 Å². The first-order valence-electron chi connectivity index (χ1n) is 7.76. The van der Waals surface area contributed by atoms with Gasteiger partial charge >= 0.3 is 6.18 Å². The topological polar surface area (TPSA) is 64.4 Å². The van der Waals surface area contributed by atoms with Gasteiger partial charge in [0.15, 0.2) is 0 Å². The fraction of sp³-hybridized carbons (Fsp3) is 0.278. The van der Waals surface area contributed by atoms with Crippen molar-refractivity contribution in [1.82, 2.24) is 0 Å². The lowest BCUT2D eigenvalue weighted by molar-refractivity contribution is -0.137. The van der Waals surface area contributed by atoms with Crippen molar-refractivity contribution >= 4 is 24.0 Å². The maximum Gasteiger partial charge on any atom is 0.416 e. The number of anilines is 1. The highest BCUT2D eigenvalue weighted by Crippen LogP contribution is 2.33. The molecule has 0 aromatic heterocycles. The maximum absolute atomic E-state index is 12.7. The standard InChI is InChI=1S/C18H17F3N2O2.ClH/c19-18(20,21)13-3-1-2-12(10-13)11-25-15-6-4-14(5-7-15)23-16(24)17(22)8-9-17;/h1-7,10H,8-9,11,22H2,(H,23,24);1H. The summed E-state index contributed by atoms with van der Waals surface area (Å²) >= 11 is 0. The van der Waals surface area contributed by atoms with Gasteiger partial charge in [-0.1, -0.05) is 12.1 Å². The van der Waals surface area contributed by atoms with Gasteiger partial charge in [-0.25, -0.2) is 0 Å². The SMILES string of the molecule is Cl.NC1(C(=O)Nc2ccc(OCc3cccc(C(F)(F)F)c3)cc2)CC1. The lowest BCUT2D eigenvalue weighted by atomic mass is 10.1. The molecule has 0 aliphatic heterocycles. The molecule has 1 saturated carbocycles. The Morgan fingerprint density at radius 1 is 1.15 bits per heavy atom. The van der Waals surface area contributed by atoms with Gasteiger partial charge in [-0.2, -0.15) is 13.2 Å². The number of nitrogens with one attached hydrogen (secondary N) is 1. The van der Waals surface area contributed by atoms with Crippen LogP contribution in [0, 0.1) is 0 Å². The third-order valence-corrected chi connectivity index (χ3v) is 4.01. The number of hydrogen-bond donors (Lipinski definition) is 2.